The summed E-state index contributed by atoms with van der Waals surface area (Å²) in [6.07, 6.45) is 3.92. The first kappa shape index (κ1) is 11.6. The van der Waals surface area contributed by atoms with Crippen molar-refractivity contribution in [3.63, 3.8) is 0 Å². The van der Waals surface area contributed by atoms with E-state index in [0.29, 0.717) is 11.6 Å². The number of rotatable bonds is 2. The number of hydrogen-bond donors (Lipinski definition) is 0. The Bertz CT molecular complexity index is 394. The zero-order valence-corrected chi connectivity index (χ0v) is 10.9. The normalized spacial score (nSPS) is 20.1. The summed E-state index contributed by atoms with van der Waals surface area (Å²) in [5.41, 5.74) is 0.527. The van der Waals surface area contributed by atoms with Crippen molar-refractivity contribution in [3.8, 4) is 0 Å². The lowest BCUT2D eigenvalue weighted by Gasteiger charge is -2.16. The molecule has 86 valence electrons. The predicted molar refractivity (Wildman–Crippen MR) is 66.2 cm³/mol. The second-order valence-corrected chi connectivity index (χ2v) is 5.00. The molecular weight excluding hydrogens is 268 g/mol. The van der Waals surface area contributed by atoms with Crippen LogP contribution < -0.4 is 0 Å². The van der Waals surface area contributed by atoms with E-state index in [2.05, 4.69) is 27.8 Å². The second-order valence-electron chi connectivity index (χ2n) is 4.15. The molecular formula is C12H15BrN2O. The van der Waals surface area contributed by atoms with Gasteiger partial charge in [0.15, 0.2) is 0 Å². The third-order valence-corrected chi connectivity index (χ3v) is 3.75. The van der Waals surface area contributed by atoms with Crippen molar-refractivity contribution in [2.75, 3.05) is 13.1 Å². The molecule has 1 aromatic rings. The molecule has 0 aromatic carbocycles. The lowest BCUT2D eigenvalue weighted by molar-refractivity contribution is 0.0780. The first-order chi connectivity index (χ1) is 7.72. The van der Waals surface area contributed by atoms with Gasteiger partial charge in [0.2, 0.25) is 0 Å². The zero-order valence-electron chi connectivity index (χ0n) is 9.32. The Kier molecular flexibility index (Phi) is 3.59. The summed E-state index contributed by atoms with van der Waals surface area (Å²) >= 11 is 3.37. The van der Waals surface area contributed by atoms with Gasteiger partial charge in [-0.2, -0.15) is 0 Å². The van der Waals surface area contributed by atoms with Crippen LogP contribution in [-0.2, 0) is 0 Å². The van der Waals surface area contributed by atoms with Crippen LogP contribution in [0, 0.1) is 5.92 Å². The van der Waals surface area contributed by atoms with Crippen LogP contribution in [0.4, 0.5) is 0 Å². The maximum atomic E-state index is 12.2. The Hall–Kier alpha value is -0.900. The molecule has 0 bridgehead atoms. The van der Waals surface area contributed by atoms with Crippen molar-refractivity contribution in [1.82, 2.24) is 9.88 Å². The van der Waals surface area contributed by atoms with E-state index in [4.69, 9.17) is 0 Å². The molecule has 1 aliphatic rings. The number of amides is 1. The number of pyridine rings is 1. The molecule has 0 radical (unpaired) electrons. The van der Waals surface area contributed by atoms with Gasteiger partial charge in [0.25, 0.3) is 5.91 Å². The fraction of sp³-hybridized carbons (Fsp3) is 0.500. The van der Waals surface area contributed by atoms with Gasteiger partial charge >= 0.3 is 0 Å². The van der Waals surface area contributed by atoms with Gasteiger partial charge < -0.3 is 4.90 Å². The summed E-state index contributed by atoms with van der Waals surface area (Å²) < 4.78 is 0.778. The molecule has 1 amide bonds. The van der Waals surface area contributed by atoms with Gasteiger partial charge in [0.1, 0.15) is 5.69 Å². The molecule has 2 heterocycles. The Morgan fingerprint density at radius 1 is 1.69 bits per heavy atom. The van der Waals surface area contributed by atoms with Crippen LogP contribution in [0.25, 0.3) is 0 Å². The first-order valence-electron chi connectivity index (χ1n) is 5.62. The molecule has 0 aliphatic carbocycles. The standard InChI is InChI=1S/C12H15BrN2O/c1-2-9-5-7-15(8-9)12(16)11-10(13)4-3-6-14-11/h3-4,6,9H,2,5,7-8H2,1H3. The van der Waals surface area contributed by atoms with Crippen molar-refractivity contribution in [2.24, 2.45) is 5.92 Å². The highest BCUT2D eigenvalue weighted by Gasteiger charge is 2.27. The minimum atomic E-state index is 0.0448. The largest absolute Gasteiger partial charge is 0.337 e. The average molecular weight is 283 g/mol. The Balaban J connectivity index is 2.12. The predicted octanol–water partition coefficient (Wildman–Crippen LogP) is 2.72. The summed E-state index contributed by atoms with van der Waals surface area (Å²) in [6.45, 7) is 3.91. The smallest absolute Gasteiger partial charge is 0.273 e. The van der Waals surface area contributed by atoms with Gasteiger partial charge in [-0.1, -0.05) is 13.3 Å². The molecule has 2 rings (SSSR count). The van der Waals surface area contributed by atoms with Crippen LogP contribution in [0.15, 0.2) is 22.8 Å². The first-order valence-corrected chi connectivity index (χ1v) is 6.41. The molecule has 16 heavy (non-hydrogen) atoms. The maximum absolute atomic E-state index is 12.2. The fourth-order valence-corrected chi connectivity index (χ4v) is 2.47. The zero-order chi connectivity index (χ0) is 11.5. The second kappa shape index (κ2) is 4.95. The number of carbonyl (C=O) groups is 1. The molecule has 1 aliphatic heterocycles. The number of aromatic nitrogens is 1. The number of hydrogen-bond acceptors (Lipinski definition) is 2. The van der Waals surface area contributed by atoms with E-state index in [9.17, 15) is 4.79 Å². The Morgan fingerprint density at radius 3 is 3.12 bits per heavy atom. The minimum absolute atomic E-state index is 0.0448. The van der Waals surface area contributed by atoms with Crippen LogP contribution in [0.5, 0.6) is 0 Å². The Labute approximate surface area is 104 Å². The number of likely N-dealkylation sites (tertiary alicyclic amines) is 1. The van der Waals surface area contributed by atoms with E-state index in [1.54, 1.807) is 6.20 Å². The third-order valence-electron chi connectivity index (χ3n) is 3.11. The lowest BCUT2D eigenvalue weighted by Crippen LogP contribution is -2.29. The summed E-state index contributed by atoms with van der Waals surface area (Å²) in [4.78, 5) is 18.2. The summed E-state index contributed by atoms with van der Waals surface area (Å²) in [6, 6.07) is 3.67. The number of halogens is 1. The van der Waals surface area contributed by atoms with Crippen molar-refractivity contribution >= 4 is 21.8 Å². The van der Waals surface area contributed by atoms with Crippen LogP contribution in [0.2, 0.25) is 0 Å². The van der Waals surface area contributed by atoms with Crippen LogP contribution in [0.3, 0.4) is 0 Å². The van der Waals surface area contributed by atoms with E-state index in [-0.39, 0.29) is 5.91 Å². The molecule has 1 aromatic heterocycles. The SMILES string of the molecule is CCC1CCN(C(=O)c2ncccc2Br)C1. The molecule has 0 saturated carbocycles. The topological polar surface area (TPSA) is 33.2 Å². The third kappa shape index (κ3) is 2.26. The van der Waals surface area contributed by atoms with Gasteiger partial charge in [-0.3, -0.25) is 4.79 Å². The molecule has 1 unspecified atom stereocenters. The molecule has 1 fully saturated rings. The van der Waals surface area contributed by atoms with E-state index in [1.165, 1.54) is 0 Å². The average Bonchev–Trinajstić information content (AvgIpc) is 2.77. The summed E-state index contributed by atoms with van der Waals surface area (Å²) in [5, 5.41) is 0. The molecule has 1 saturated heterocycles. The maximum Gasteiger partial charge on any atom is 0.273 e. The lowest BCUT2D eigenvalue weighted by atomic mass is 10.1. The fourth-order valence-electron chi connectivity index (χ4n) is 2.04. The van der Waals surface area contributed by atoms with E-state index < -0.39 is 0 Å². The van der Waals surface area contributed by atoms with Crippen molar-refractivity contribution in [3.05, 3.63) is 28.5 Å². The van der Waals surface area contributed by atoms with E-state index in [1.807, 2.05) is 17.0 Å². The van der Waals surface area contributed by atoms with Gasteiger partial charge in [0, 0.05) is 23.8 Å². The van der Waals surface area contributed by atoms with Crippen LogP contribution in [0.1, 0.15) is 30.3 Å². The van der Waals surface area contributed by atoms with E-state index in [0.717, 1.165) is 30.4 Å². The monoisotopic (exact) mass is 282 g/mol. The summed E-state index contributed by atoms with van der Waals surface area (Å²) in [5.74, 6) is 0.704. The van der Waals surface area contributed by atoms with Crippen molar-refractivity contribution < 1.29 is 4.79 Å². The summed E-state index contributed by atoms with van der Waals surface area (Å²) in [7, 11) is 0. The quantitative estimate of drug-likeness (QED) is 0.836. The van der Waals surface area contributed by atoms with Gasteiger partial charge in [0.05, 0.1) is 0 Å². The highest BCUT2D eigenvalue weighted by atomic mass is 79.9. The van der Waals surface area contributed by atoms with E-state index >= 15 is 0 Å². The number of carbonyl (C=O) groups excluding carboxylic acids is 1. The molecule has 0 N–H and O–H groups in total. The molecule has 1 atom stereocenters. The van der Waals surface area contributed by atoms with Crippen LogP contribution >= 0.6 is 15.9 Å². The van der Waals surface area contributed by atoms with Crippen molar-refractivity contribution in [2.45, 2.75) is 19.8 Å². The highest BCUT2D eigenvalue weighted by molar-refractivity contribution is 9.10. The molecule has 0 spiro atoms. The van der Waals surface area contributed by atoms with Gasteiger partial charge in [-0.25, -0.2) is 4.98 Å². The number of nitrogens with zero attached hydrogens (tertiary/aromatic N) is 2. The van der Waals surface area contributed by atoms with Crippen LogP contribution in [-0.4, -0.2) is 28.9 Å². The Morgan fingerprint density at radius 2 is 2.50 bits per heavy atom. The minimum Gasteiger partial charge on any atom is -0.337 e. The molecule has 3 nitrogen and oxygen atoms in total. The van der Waals surface area contributed by atoms with Gasteiger partial charge in [-0.05, 0) is 40.4 Å². The van der Waals surface area contributed by atoms with Crippen molar-refractivity contribution in [1.29, 1.82) is 0 Å². The highest BCUT2D eigenvalue weighted by Crippen LogP contribution is 2.22. The van der Waals surface area contributed by atoms with Gasteiger partial charge in [-0.15, -0.1) is 0 Å². The molecule has 4 heteroatoms.